The van der Waals surface area contributed by atoms with E-state index < -0.39 is 0 Å². The minimum Gasteiger partial charge on any atom is -0.493 e. The molecule has 1 aromatic rings. The third-order valence-electron chi connectivity index (χ3n) is 4.44. The largest absolute Gasteiger partial charge is 0.493 e. The highest BCUT2D eigenvalue weighted by Gasteiger charge is 2.31. The average Bonchev–Trinajstić information content (AvgIpc) is 3.00. The van der Waals surface area contributed by atoms with Gasteiger partial charge in [-0.1, -0.05) is 19.8 Å². The molecule has 0 amide bonds. The van der Waals surface area contributed by atoms with E-state index in [4.69, 9.17) is 0 Å². The van der Waals surface area contributed by atoms with E-state index in [1.54, 1.807) is 0 Å². The highest BCUT2D eigenvalue weighted by molar-refractivity contribution is 8.06. The van der Waals surface area contributed by atoms with Gasteiger partial charge >= 0.3 is 0 Å². The standard InChI is InChI=1S/C15H22N2O2S2/c1-2-10-12(21-8-7-20-10)13-16-14(18)11(15(19)17-13)9-5-3-4-6-9/h9-10,12H,2-8H2,1H3,(H2,16,17,18,19). The lowest BCUT2D eigenvalue weighted by Gasteiger charge is -2.29. The van der Waals surface area contributed by atoms with Crippen LogP contribution in [0.15, 0.2) is 4.79 Å². The van der Waals surface area contributed by atoms with Crippen molar-refractivity contribution in [3.8, 4) is 5.88 Å². The van der Waals surface area contributed by atoms with Crippen LogP contribution < -0.4 is 5.56 Å². The van der Waals surface area contributed by atoms with Crippen LogP contribution in [-0.2, 0) is 0 Å². The molecular weight excluding hydrogens is 304 g/mol. The van der Waals surface area contributed by atoms with Gasteiger partial charge in [0.15, 0.2) is 0 Å². The Labute approximate surface area is 133 Å². The number of aromatic hydroxyl groups is 1. The van der Waals surface area contributed by atoms with E-state index >= 15 is 0 Å². The van der Waals surface area contributed by atoms with E-state index in [0.717, 1.165) is 43.6 Å². The molecule has 2 aliphatic rings. The maximum atomic E-state index is 12.4. The molecule has 3 rings (SSSR count). The molecule has 2 atom stereocenters. The normalized spacial score (nSPS) is 27.1. The van der Waals surface area contributed by atoms with Crippen LogP contribution in [0.5, 0.6) is 5.88 Å². The number of thioether (sulfide) groups is 2. The molecule has 116 valence electrons. The molecule has 0 bridgehead atoms. The van der Waals surface area contributed by atoms with Crippen LogP contribution in [0.1, 0.15) is 61.6 Å². The third kappa shape index (κ3) is 3.11. The number of hydrogen-bond acceptors (Lipinski definition) is 5. The number of hydrogen-bond donors (Lipinski definition) is 2. The minimum atomic E-state index is -0.129. The van der Waals surface area contributed by atoms with Crippen LogP contribution >= 0.6 is 23.5 Å². The molecule has 1 saturated heterocycles. The average molecular weight is 326 g/mol. The Bertz CT molecular complexity index is 555. The molecule has 2 unspecified atom stereocenters. The maximum Gasteiger partial charge on any atom is 0.258 e. The Kier molecular flexibility index (Phi) is 4.84. The first kappa shape index (κ1) is 15.3. The number of rotatable bonds is 3. The molecule has 4 nitrogen and oxygen atoms in total. The summed E-state index contributed by atoms with van der Waals surface area (Å²) in [4.78, 5) is 19.7. The van der Waals surface area contributed by atoms with Gasteiger partial charge in [-0.05, 0) is 25.2 Å². The molecule has 1 aromatic heterocycles. The first-order valence-corrected chi connectivity index (χ1v) is 9.86. The predicted molar refractivity (Wildman–Crippen MR) is 89.5 cm³/mol. The van der Waals surface area contributed by atoms with Crippen molar-refractivity contribution in [3.05, 3.63) is 21.7 Å². The lowest BCUT2D eigenvalue weighted by molar-refractivity contribution is 0.431. The first-order chi connectivity index (χ1) is 10.2. The van der Waals surface area contributed by atoms with Crippen LogP contribution in [-0.4, -0.2) is 31.8 Å². The summed E-state index contributed by atoms with van der Waals surface area (Å²) in [7, 11) is 0. The molecule has 0 radical (unpaired) electrons. The van der Waals surface area contributed by atoms with Gasteiger partial charge < -0.3 is 10.1 Å². The van der Waals surface area contributed by atoms with Crippen molar-refractivity contribution in [2.45, 2.75) is 55.4 Å². The zero-order valence-electron chi connectivity index (χ0n) is 12.3. The van der Waals surface area contributed by atoms with Gasteiger partial charge in [-0.25, -0.2) is 0 Å². The lowest BCUT2D eigenvalue weighted by atomic mass is 10.00. The molecule has 0 aromatic carbocycles. The van der Waals surface area contributed by atoms with Crippen molar-refractivity contribution in [1.82, 2.24) is 9.97 Å². The van der Waals surface area contributed by atoms with Crippen LogP contribution in [0.25, 0.3) is 0 Å². The van der Waals surface area contributed by atoms with Gasteiger partial charge in [-0.2, -0.15) is 16.7 Å². The first-order valence-electron chi connectivity index (χ1n) is 7.77. The van der Waals surface area contributed by atoms with Crippen molar-refractivity contribution in [2.75, 3.05) is 11.5 Å². The van der Waals surface area contributed by atoms with Crippen LogP contribution in [0.3, 0.4) is 0 Å². The summed E-state index contributed by atoms with van der Waals surface area (Å²) >= 11 is 3.78. The Morgan fingerprint density at radius 1 is 1.29 bits per heavy atom. The number of aromatic amines is 1. The molecule has 2 heterocycles. The van der Waals surface area contributed by atoms with E-state index in [-0.39, 0.29) is 22.6 Å². The molecule has 1 saturated carbocycles. The zero-order chi connectivity index (χ0) is 14.8. The van der Waals surface area contributed by atoms with Gasteiger partial charge in [0.1, 0.15) is 5.82 Å². The van der Waals surface area contributed by atoms with E-state index in [0.29, 0.717) is 16.6 Å². The van der Waals surface area contributed by atoms with Gasteiger partial charge in [-0.15, -0.1) is 11.8 Å². The fourth-order valence-corrected chi connectivity index (χ4v) is 6.37. The van der Waals surface area contributed by atoms with E-state index in [1.807, 2.05) is 23.5 Å². The molecule has 21 heavy (non-hydrogen) atoms. The topological polar surface area (TPSA) is 66.0 Å². The maximum absolute atomic E-state index is 12.4. The van der Waals surface area contributed by atoms with Gasteiger partial charge in [0, 0.05) is 16.8 Å². The monoisotopic (exact) mass is 326 g/mol. The summed E-state index contributed by atoms with van der Waals surface area (Å²) in [6.07, 6.45) is 5.31. The quantitative estimate of drug-likeness (QED) is 0.891. The number of H-pyrrole nitrogens is 1. The van der Waals surface area contributed by atoms with Gasteiger partial charge in [0.25, 0.3) is 5.56 Å². The summed E-state index contributed by atoms with van der Waals surface area (Å²) in [5, 5.41) is 10.9. The predicted octanol–water partition coefficient (Wildman–Crippen LogP) is 3.43. The van der Waals surface area contributed by atoms with Crippen LogP contribution in [0.2, 0.25) is 0 Å². The van der Waals surface area contributed by atoms with Crippen molar-refractivity contribution in [2.24, 2.45) is 0 Å². The highest BCUT2D eigenvalue weighted by Crippen LogP contribution is 2.43. The number of nitrogens with zero attached hydrogens (tertiary/aromatic N) is 1. The summed E-state index contributed by atoms with van der Waals surface area (Å²) in [5.41, 5.74) is 0.383. The number of nitrogens with one attached hydrogen (secondary N) is 1. The third-order valence-corrected chi connectivity index (χ3v) is 7.69. The summed E-state index contributed by atoms with van der Waals surface area (Å²) in [5.74, 6) is 3.03. The van der Waals surface area contributed by atoms with Crippen molar-refractivity contribution >= 4 is 23.5 Å². The van der Waals surface area contributed by atoms with E-state index in [9.17, 15) is 9.90 Å². The van der Waals surface area contributed by atoms with E-state index in [2.05, 4.69) is 16.9 Å². The molecule has 6 heteroatoms. The SMILES string of the molecule is CCC1SCCSC1c1nc(O)c(C2CCCC2)c(=O)[nH]1. The van der Waals surface area contributed by atoms with E-state index in [1.165, 1.54) is 0 Å². The molecule has 2 N–H and O–H groups in total. The Morgan fingerprint density at radius 2 is 2.00 bits per heavy atom. The Hall–Kier alpha value is -0.620. The van der Waals surface area contributed by atoms with Gasteiger partial charge in [0.05, 0.1) is 10.8 Å². The van der Waals surface area contributed by atoms with Crippen LogP contribution in [0.4, 0.5) is 0 Å². The molecule has 2 fully saturated rings. The van der Waals surface area contributed by atoms with Crippen molar-refractivity contribution < 1.29 is 5.11 Å². The fourth-order valence-electron chi connectivity index (χ4n) is 3.36. The van der Waals surface area contributed by atoms with Crippen molar-refractivity contribution in [3.63, 3.8) is 0 Å². The molecule has 1 aliphatic heterocycles. The molecular formula is C15H22N2O2S2. The summed E-state index contributed by atoms with van der Waals surface area (Å²) in [6.45, 7) is 2.17. The second-order valence-electron chi connectivity index (χ2n) is 5.78. The second kappa shape index (κ2) is 6.65. The fraction of sp³-hybridized carbons (Fsp3) is 0.733. The smallest absolute Gasteiger partial charge is 0.258 e. The summed E-state index contributed by atoms with van der Waals surface area (Å²) in [6, 6.07) is 0. The van der Waals surface area contributed by atoms with Gasteiger partial charge in [-0.3, -0.25) is 4.79 Å². The summed E-state index contributed by atoms with van der Waals surface area (Å²) < 4.78 is 0. The van der Waals surface area contributed by atoms with Gasteiger partial charge in [0.2, 0.25) is 5.88 Å². The lowest BCUT2D eigenvalue weighted by Crippen LogP contribution is -2.25. The second-order valence-corrected chi connectivity index (χ2v) is 8.38. The molecule has 0 spiro atoms. The highest BCUT2D eigenvalue weighted by atomic mass is 32.2. The minimum absolute atomic E-state index is 0.0355. The van der Waals surface area contributed by atoms with Crippen molar-refractivity contribution in [1.29, 1.82) is 0 Å². The number of aromatic nitrogens is 2. The zero-order valence-corrected chi connectivity index (χ0v) is 13.9. The van der Waals surface area contributed by atoms with Crippen LogP contribution in [0, 0.1) is 0 Å². The Balaban J connectivity index is 1.92. The Morgan fingerprint density at radius 3 is 2.67 bits per heavy atom. The molecule has 1 aliphatic carbocycles.